The second-order valence-electron chi connectivity index (χ2n) is 8.92. The highest BCUT2D eigenvalue weighted by Crippen LogP contribution is 2.47. The average molecular weight is 555 g/mol. The molecule has 2 aliphatic heterocycles. The molecule has 3 heterocycles. The highest BCUT2D eigenvalue weighted by atomic mass is 35.5. The zero-order valence-electron chi connectivity index (χ0n) is 19.8. The molecule has 2 fully saturated rings. The molecule has 2 aliphatic rings. The smallest absolute Gasteiger partial charge is 0.324 e. The molecule has 3 aromatic rings. The molecular weight excluding hydrogens is 532 g/mol. The van der Waals surface area contributed by atoms with Crippen LogP contribution in [0.1, 0.15) is 24.2 Å². The summed E-state index contributed by atoms with van der Waals surface area (Å²) < 4.78 is 5.98. The van der Waals surface area contributed by atoms with E-state index in [4.69, 9.17) is 16.3 Å². The number of amides is 2. The van der Waals surface area contributed by atoms with Crippen LogP contribution in [-0.2, 0) is 23.9 Å². The Kier molecular flexibility index (Phi) is 7.11. The molecule has 0 bridgehead atoms. The Balaban J connectivity index is 1.40. The van der Waals surface area contributed by atoms with Gasteiger partial charge in [0.25, 0.3) is 0 Å². The number of halogens is 1. The first-order valence-electron chi connectivity index (χ1n) is 11.6. The van der Waals surface area contributed by atoms with Crippen molar-refractivity contribution in [2.24, 2.45) is 5.41 Å². The van der Waals surface area contributed by atoms with Gasteiger partial charge in [0.05, 0.1) is 5.00 Å². The van der Waals surface area contributed by atoms with Crippen LogP contribution in [0.25, 0.3) is 0 Å². The van der Waals surface area contributed by atoms with Crippen LogP contribution >= 0.6 is 34.7 Å². The van der Waals surface area contributed by atoms with Gasteiger partial charge in [0.15, 0.2) is 11.5 Å². The summed E-state index contributed by atoms with van der Waals surface area (Å²) in [6.07, 6.45) is -0.752. The van der Waals surface area contributed by atoms with Gasteiger partial charge in [-0.25, -0.2) is 0 Å². The number of carbonyl (C=O) groups excluding carboxylic acids is 4. The second-order valence-corrected chi connectivity index (χ2v) is 11.3. The standard InChI is InChI=1S/C27H23ClN2O5S2/c1-17(31)30(20-13-8-14-36-20)21-23(32)29-15-27(25(28)33,16-37-24(21)29)26(34)35-22(18-9-4-2-5-10-18)19-11-6-3-7-12-19/h2-14,21-22,24H,15-16H2,1H3/t21?,24-,27?/m1/s1. The highest BCUT2D eigenvalue weighted by molar-refractivity contribution is 8.00. The number of fused-ring (bicyclic) bond motifs is 1. The van der Waals surface area contributed by atoms with Gasteiger partial charge in [0.1, 0.15) is 11.4 Å². The van der Waals surface area contributed by atoms with Gasteiger partial charge in [-0.15, -0.1) is 23.1 Å². The van der Waals surface area contributed by atoms with E-state index in [0.29, 0.717) is 5.00 Å². The van der Waals surface area contributed by atoms with Gasteiger partial charge in [-0.1, -0.05) is 60.7 Å². The maximum absolute atomic E-state index is 13.7. The largest absolute Gasteiger partial charge is 0.452 e. The Labute approximate surface area is 227 Å². The van der Waals surface area contributed by atoms with Crippen LogP contribution in [0.3, 0.4) is 0 Å². The number of benzene rings is 2. The molecule has 0 aliphatic carbocycles. The second kappa shape index (κ2) is 10.3. The van der Waals surface area contributed by atoms with Crippen molar-refractivity contribution >= 4 is 62.7 Å². The first-order valence-corrected chi connectivity index (χ1v) is 13.9. The van der Waals surface area contributed by atoms with Crippen LogP contribution < -0.4 is 4.90 Å². The van der Waals surface area contributed by atoms with E-state index in [9.17, 15) is 19.2 Å². The number of thiophene rings is 1. The van der Waals surface area contributed by atoms with E-state index in [1.165, 1.54) is 39.8 Å². The molecule has 7 nitrogen and oxygen atoms in total. The van der Waals surface area contributed by atoms with Crippen LogP contribution in [0.4, 0.5) is 5.00 Å². The molecule has 2 aromatic carbocycles. The summed E-state index contributed by atoms with van der Waals surface area (Å²) >= 11 is 8.67. The van der Waals surface area contributed by atoms with Crippen molar-refractivity contribution in [3.63, 3.8) is 0 Å². The van der Waals surface area contributed by atoms with Crippen LogP contribution in [0.15, 0.2) is 78.2 Å². The first kappa shape index (κ1) is 25.5. The number of rotatable bonds is 7. The molecule has 0 saturated carbocycles. The van der Waals surface area contributed by atoms with E-state index in [1.54, 1.807) is 6.07 Å². The van der Waals surface area contributed by atoms with E-state index in [-0.39, 0.29) is 24.1 Å². The topological polar surface area (TPSA) is 84.0 Å². The first-order chi connectivity index (χ1) is 17.8. The van der Waals surface area contributed by atoms with Crippen LogP contribution in [0, 0.1) is 5.41 Å². The third-order valence-electron chi connectivity index (χ3n) is 6.61. The van der Waals surface area contributed by atoms with E-state index < -0.39 is 34.1 Å². The molecule has 2 saturated heterocycles. The fourth-order valence-electron chi connectivity index (χ4n) is 4.68. The number of β-lactam (4-membered cyclic amide) rings is 1. The lowest BCUT2D eigenvalue weighted by Gasteiger charge is -2.55. The molecule has 190 valence electrons. The summed E-state index contributed by atoms with van der Waals surface area (Å²) in [7, 11) is 0. The fourth-order valence-corrected chi connectivity index (χ4v) is 7.35. The van der Waals surface area contributed by atoms with Crippen molar-refractivity contribution in [2.75, 3.05) is 17.2 Å². The lowest BCUT2D eigenvalue weighted by molar-refractivity contribution is -0.166. The Hall–Kier alpha value is -3.14. The lowest BCUT2D eigenvalue weighted by Crippen LogP contribution is -2.75. The van der Waals surface area contributed by atoms with Gasteiger partial charge in [0, 0.05) is 19.2 Å². The highest BCUT2D eigenvalue weighted by Gasteiger charge is 2.62. The third kappa shape index (κ3) is 4.56. The zero-order valence-corrected chi connectivity index (χ0v) is 22.2. The summed E-state index contributed by atoms with van der Waals surface area (Å²) in [4.78, 5) is 55.0. The Morgan fingerprint density at radius 1 is 1.03 bits per heavy atom. The molecule has 0 radical (unpaired) electrons. The molecule has 2 amide bonds. The van der Waals surface area contributed by atoms with E-state index in [2.05, 4.69) is 0 Å². The van der Waals surface area contributed by atoms with Gasteiger partial charge in [-0.05, 0) is 40.2 Å². The van der Waals surface area contributed by atoms with Crippen molar-refractivity contribution in [2.45, 2.75) is 24.4 Å². The van der Waals surface area contributed by atoms with Crippen molar-refractivity contribution in [1.29, 1.82) is 0 Å². The molecule has 0 N–H and O–H groups in total. The predicted octanol–water partition coefficient (Wildman–Crippen LogP) is 4.47. The van der Waals surface area contributed by atoms with Gasteiger partial charge >= 0.3 is 5.97 Å². The molecule has 10 heteroatoms. The van der Waals surface area contributed by atoms with Crippen LogP contribution in [0.5, 0.6) is 0 Å². The monoisotopic (exact) mass is 554 g/mol. The maximum Gasteiger partial charge on any atom is 0.324 e. The molecular formula is C27H23ClN2O5S2. The zero-order chi connectivity index (χ0) is 26.2. The lowest BCUT2D eigenvalue weighted by atomic mass is 9.88. The summed E-state index contributed by atoms with van der Waals surface area (Å²) in [6, 6.07) is 21.4. The van der Waals surface area contributed by atoms with E-state index in [1.807, 2.05) is 72.1 Å². The number of nitrogens with zero attached hydrogens (tertiary/aromatic N) is 2. The van der Waals surface area contributed by atoms with Crippen molar-refractivity contribution in [1.82, 2.24) is 4.90 Å². The third-order valence-corrected chi connectivity index (χ3v) is 9.35. The number of ether oxygens (including phenoxy) is 1. The Morgan fingerprint density at radius 2 is 1.65 bits per heavy atom. The Morgan fingerprint density at radius 3 is 2.16 bits per heavy atom. The number of hydrogen-bond donors (Lipinski definition) is 0. The molecule has 1 aromatic heterocycles. The Bertz CT molecular complexity index is 1280. The number of esters is 1. The number of hydrogen-bond acceptors (Lipinski definition) is 7. The number of anilines is 1. The van der Waals surface area contributed by atoms with E-state index >= 15 is 0 Å². The van der Waals surface area contributed by atoms with Crippen LogP contribution in [0.2, 0.25) is 0 Å². The summed E-state index contributed by atoms with van der Waals surface area (Å²) in [5.41, 5.74) is -0.239. The van der Waals surface area contributed by atoms with Gasteiger partial charge in [-0.3, -0.25) is 24.1 Å². The van der Waals surface area contributed by atoms with E-state index in [0.717, 1.165) is 11.1 Å². The van der Waals surface area contributed by atoms with Crippen LogP contribution in [-0.4, -0.2) is 51.6 Å². The number of carbonyl (C=O) groups is 4. The fraction of sp³-hybridized carbons (Fsp3) is 0.259. The quantitative estimate of drug-likeness (QED) is 0.185. The van der Waals surface area contributed by atoms with Crippen molar-refractivity contribution in [3.05, 3.63) is 89.3 Å². The molecule has 0 spiro atoms. The van der Waals surface area contributed by atoms with Gasteiger partial charge < -0.3 is 9.64 Å². The molecule has 3 atom stereocenters. The normalized spacial score (nSPS) is 22.7. The molecule has 2 unspecified atom stereocenters. The average Bonchev–Trinajstić information content (AvgIpc) is 3.44. The SMILES string of the molecule is CC(=O)N(c1cccs1)C1C(=O)N2CC(C(=O)Cl)(C(=O)OC(c3ccccc3)c3ccccc3)CS[C@H]12. The van der Waals surface area contributed by atoms with Gasteiger partial charge in [0.2, 0.25) is 17.1 Å². The minimum absolute atomic E-state index is 0.0333. The number of thioether (sulfide) groups is 1. The summed E-state index contributed by atoms with van der Waals surface area (Å²) in [5.74, 6) is -1.34. The molecule has 37 heavy (non-hydrogen) atoms. The summed E-state index contributed by atoms with van der Waals surface area (Å²) in [6.45, 7) is 1.22. The summed E-state index contributed by atoms with van der Waals surface area (Å²) in [5, 5.41) is 1.24. The molecule has 5 rings (SSSR count). The minimum Gasteiger partial charge on any atom is -0.452 e. The van der Waals surface area contributed by atoms with Crippen molar-refractivity contribution in [3.8, 4) is 0 Å². The minimum atomic E-state index is -1.73. The van der Waals surface area contributed by atoms with Crippen molar-refractivity contribution < 1.29 is 23.9 Å². The predicted molar refractivity (Wildman–Crippen MR) is 143 cm³/mol. The van der Waals surface area contributed by atoms with Gasteiger partial charge in [-0.2, -0.15) is 0 Å². The maximum atomic E-state index is 13.7.